The number of carbonyl (C=O) groups is 1. The molecule has 0 saturated carbocycles. The predicted octanol–water partition coefficient (Wildman–Crippen LogP) is 2.72. The highest BCUT2D eigenvalue weighted by Crippen LogP contribution is 2.34. The zero-order chi connectivity index (χ0) is 16.5. The molecule has 3 aliphatic heterocycles. The summed E-state index contributed by atoms with van der Waals surface area (Å²) in [7, 11) is 1.54. The Morgan fingerprint density at radius 3 is 2.96 bits per heavy atom. The fraction of sp³-hybridized carbons (Fsp3) is 0.500. The summed E-state index contributed by atoms with van der Waals surface area (Å²) in [5.74, 6) is 1.04. The van der Waals surface area contributed by atoms with E-state index in [-0.39, 0.29) is 11.9 Å². The fourth-order valence-electron chi connectivity index (χ4n) is 3.34. The second-order valence-electron chi connectivity index (χ2n) is 6.09. The number of nitrogens with one attached hydrogen (secondary N) is 1. The third-order valence-electron chi connectivity index (χ3n) is 4.63. The lowest BCUT2D eigenvalue weighted by Crippen LogP contribution is -2.57. The smallest absolute Gasteiger partial charge is 0.305 e. The van der Waals surface area contributed by atoms with E-state index >= 15 is 0 Å². The molecule has 8 heteroatoms. The van der Waals surface area contributed by atoms with Crippen LogP contribution in [0.2, 0.25) is 0 Å². The number of methoxy groups -OCH3 is 1. The van der Waals surface area contributed by atoms with Gasteiger partial charge in [-0.2, -0.15) is 0 Å². The number of fused-ring (bicyclic) bond motifs is 3. The van der Waals surface area contributed by atoms with Gasteiger partial charge in [0.15, 0.2) is 0 Å². The molecule has 2 bridgehead atoms. The Kier molecular flexibility index (Phi) is 4.51. The van der Waals surface area contributed by atoms with Crippen LogP contribution in [0.1, 0.15) is 22.5 Å². The van der Waals surface area contributed by atoms with Gasteiger partial charge in [-0.05, 0) is 55.7 Å². The number of nitrogens with zero attached hydrogens (tertiary/aromatic N) is 2. The van der Waals surface area contributed by atoms with Crippen LogP contribution in [0.3, 0.4) is 0 Å². The molecule has 0 aromatic carbocycles. The zero-order valence-corrected chi connectivity index (χ0v) is 15.0. The molecule has 3 fully saturated rings. The molecule has 0 radical (unpaired) electrons. The van der Waals surface area contributed by atoms with Crippen molar-refractivity contribution < 1.29 is 13.9 Å². The van der Waals surface area contributed by atoms with E-state index in [4.69, 9.17) is 9.15 Å². The lowest BCUT2D eigenvalue weighted by atomic mass is 9.84. The van der Waals surface area contributed by atoms with Gasteiger partial charge in [0.05, 0.1) is 16.2 Å². The second kappa shape index (κ2) is 6.78. The van der Waals surface area contributed by atoms with Crippen LogP contribution < -0.4 is 10.1 Å². The summed E-state index contributed by atoms with van der Waals surface area (Å²) in [4.78, 5) is 19.8. The number of oxazole rings is 1. The van der Waals surface area contributed by atoms with Crippen LogP contribution in [0.5, 0.6) is 5.95 Å². The van der Waals surface area contributed by atoms with Crippen molar-refractivity contribution in [2.75, 3.05) is 26.7 Å². The molecule has 3 saturated heterocycles. The van der Waals surface area contributed by atoms with E-state index in [1.165, 1.54) is 62.3 Å². The number of thiophene rings is 1. The average Bonchev–Trinajstić information content (AvgIpc) is 3.26. The van der Waals surface area contributed by atoms with Crippen molar-refractivity contribution in [3.8, 4) is 5.95 Å². The van der Waals surface area contributed by atoms with E-state index in [0.717, 1.165) is 15.6 Å². The molecule has 2 aromatic heterocycles. The first-order valence-corrected chi connectivity index (χ1v) is 9.65. The van der Waals surface area contributed by atoms with Crippen LogP contribution in [-0.4, -0.2) is 48.6 Å². The number of rotatable bonds is 5. The second-order valence-corrected chi connectivity index (χ2v) is 8.42. The first-order valence-electron chi connectivity index (χ1n) is 8.02. The maximum Gasteiger partial charge on any atom is 0.305 e. The molecular weight excluding hydrogens is 346 g/mol. The van der Waals surface area contributed by atoms with E-state index in [1.54, 1.807) is 0 Å². The van der Waals surface area contributed by atoms with Crippen molar-refractivity contribution in [2.45, 2.75) is 28.3 Å². The average molecular weight is 365 g/mol. The maximum absolute atomic E-state index is 12.5. The minimum Gasteiger partial charge on any atom is -0.467 e. The highest BCUT2D eigenvalue weighted by atomic mass is 32.2. The molecule has 0 spiro atoms. The van der Waals surface area contributed by atoms with Crippen LogP contribution in [0.25, 0.3) is 0 Å². The first kappa shape index (κ1) is 16.0. The van der Waals surface area contributed by atoms with Crippen molar-refractivity contribution in [2.24, 2.45) is 5.92 Å². The van der Waals surface area contributed by atoms with Crippen molar-refractivity contribution in [1.29, 1.82) is 0 Å². The van der Waals surface area contributed by atoms with Gasteiger partial charge >= 0.3 is 5.95 Å². The molecule has 0 aliphatic carbocycles. The highest BCUT2D eigenvalue weighted by molar-refractivity contribution is 8.01. The topological polar surface area (TPSA) is 67.6 Å². The summed E-state index contributed by atoms with van der Waals surface area (Å²) in [6.07, 6.45) is 3.93. The number of piperidine rings is 3. The van der Waals surface area contributed by atoms with Gasteiger partial charge < -0.3 is 19.4 Å². The van der Waals surface area contributed by atoms with Crippen molar-refractivity contribution in [1.82, 2.24) is 15.2 Å². The monoisotopic (exact) mass is 365 g/mol. The molecular formula is C16H19N3O3S2. The van der Waals surface area contributed by atoms with Gasteiger partial charge in [-0.15, -0.1) is 11.3 Å². The number of amides is 1. The molecule has 2 aromatic rings. The standard InChI is InChI=1S/C16H19N3O3S2/c1-21-13-8-17-16(22-13)24-14-3-2-12(23-14)15(20)18-11-9-19-6-4-10(11)5-7-19/h2-3,8,10-11H,4-7,9H2,1H3,(H,18,20)/t11-/m0/s1. The van der Waals surface area contributed by atoms with Crippen molar-refractivity contribution >= 4 is 29.0 Å². The number of hydrogen-bond donors (Lipinski definition) is 1. The Labute approximate surface area is 148 Å². The quantitative estimate of drug-likeness (QED) is 0.879. The van der Waals surface area contributed by atoms with Crippen molar-refractivity contribution in [3.05, 3.63) is 23.2 Å². The molecule has 5 rings (SSSR count). The molecule has 1 amide bonds. The predicted molar refractivity (Wildman–Crippen MR) is 91.9 cm³/mol. The van der Waals surface area contributed by atoms with Crippen LogP contribution in [0.4, 0.5) is 0 Å². The molecule has 6 nitrogen and oxygen atoms in total. The van der Waals surface area contributed by atoms with Crippen molar-refractivity contribution in [3.63, 3.8) is 0 Å². The van der Waals surface area contributed by atoms with Gasteiger partial charge in [-0.1, -0.05) is 0 Å². The van der Waals surface area contributed by atoms with Crippen LogP contribution >= 0.6 is 23.1 Å². The number of aromatic nitrogens is 1. The summed E-state index contributed by atoms with van der Waals surface area (Å²) < 4.78 is 11.3. The Bertz CT molecular complexity index is 722. The summed E-state index contributed by atoms with van der Waals surface area (Å²) >= 11 is 2.85. The van der Waals surface area contributed by atoms with Gasteiger partial charge in [-0.3, -0.25) is 4.79 Å². The van der Waals surface area contributed by atoms with E-state index in [9.17, 15) is 4.79 Å². The van der Waals surface area contributed by atoms with Gasteiger partial charge in [0, 0.05) is 12.6 Å². The summed E-state index contributed by atoms with van der Waals surface area (Å²) in [5.41, 5.74) is 0. The Hall–Kier alpha value is -1.51. The molecule has 128 valence electrons. The SMILES string of the molecule is COc1cnc(Sc2ccc(C(=O)N[C@H]3CN4CCC3CC4)s2)o1. The normalized spacial score (nSPS) is 25.6. The Morgan fingerprint density at radius 2 is 2.29 bits per heavy atom. The van der Waals surface area contributed by atoms with E-state index in [2.05, 4.69) is 15.2 Å². The summed E-state index contributed by atoms with van der Waals surface area (Å²) in [6.45, 7) is 3.34. The van der Waals surface area contributed by atoms with Gasteiger partial charge in [0.1, 0.15) is 6.20 Å². The third kappa shape index (κ3) is 3.31. The van der Waals surface area contributed by atoms with Crippen LogP contribution in [-0.2, 0) is 0 Å². The number of hydrogen-bond acceptors (Lipinski definition) is 7. The fourth-order valence-corrected chi connectivity index (χ4v) is 5.16. The number of ether oxygens (including phenoxy) is 1. The molecule has 1 N–H and O–H groups in total. The molecule has 5 heterocycles. The maximum atomic E-state index is 12.5. The van der Waals surface area contributed by atoms with E-state index < -0.39 is 0 Å². The minimum absolute atomic E-state index is 0.0237. The van der Waals surface area contributed by atoms with Crippen LogP contribution in [0.15, 0.2) is 32.2 Å². The van der Waals surface area contributed by atoms with E-state index in [0.29, 0.717) is 17.1 Å². The van der Waals surface area contributed by atoms with Crippen LogP contribution in [0, 0.1) is 5.92 Å². The first-order chi connectivity index (χ1) is 11.7. The van der Waals surface area contributed by atoms with Gasteiger partial charge in [0.25, 0.3) is 11.1 Å². The largest absolute Gasteiger partial charge is 0.467 e. The lowest BCUT2D eigenvalue weighted by molar-refractivity contribution is 0.0622. The zero-order valence-electron chi connectivity index (χ0n) is 13.4. The van der Waals surface area contributed by atoms with Gasteiger partial charge in [0.2, 0.25) is 0 Å². The van der Waals surface area contributed by atoms with E-state index in [1.807, 2.05) is 12.1 Å². The molecule has 3 aliphatic rings. The molecule has 24 heavy (non-hydrogen) atoms. The third-order valence-corrected chi connectivity index (χ3v) is 6.71. The highest BCUT2D eigenvalue weighted by Gasteiger charge is 2.35. The van der Waals surface area contributed by atoms with Gasteiger partial charge in [-0.25, -0.2) is 4.98 Å². The Morgan fingerprint density at radius 1 is 1.46 bits per heavy atom. The molecule has 1 atom stereocenters. The lowest BCUT2D eigenvalue weighted by Gasteiger charge is -2.44. The summed E-state index contributed by atoms with van der Waals surface area (Å²) in [5, 5.41) is 3.73. The molecule has 0 unspecified atom stereocenters. The summed E-state index contributed by atoms with van der Waals surface area (Å²) in [6, 6.07) is 4.08. The Balaban J connectivity index is 1.38. The minimum atomic E-state index is 0.0237. The number of carbonyl (C=O) groups excluding carboxylic acids is 1.